The van der Waals surface area contributed by atoms with Gasteiger partial charge in [-0.1, -0.05) is 12.1 Å². The van der Waals surface area contributed by atoms with Crippen molar-refractivity contribution in [2.75, 3.05) is 0 Å². The van der Waals surface area contributed by atoms with Crippen molar-refractivity contribution < 1.29 is 22.7 Å². The summed E-state index contributed by atoms with van der Waals surface area (Å²) < 4.78 is 44.6. The van der Waals surface area contributed by atoms with Gasteiger partial charge in [-0.2, -0.15) is 5.26 Å². The lowest BCUT2D eigenvalue weighted by atomic mass is 10.2. The fraction of sp³-hybridized carbons (Fsp3) is 0. The second kappa shape index (κ2) is 5.45. The number of rotatable bonds is 2. The molecule has 0 saturated carbocycles. The molecule has 0 amide bonds. The fourth-order valence-electron chi connectivity index (χ4n) is 1.50. The molecule has 0 bridgehead atoms. The number of carbonyl (C=O) groups is 1. The van der Waals surface area contributed by atoms with Gasteiger partial charge in [0.25, 0.3) is 0 Å². The van der Waals surface area contributed by atoms with Gasteiger partial charge in [0.15, 0.2) is 0 Å². The summed E-state index contributed by atoms with van der Waals surface area (Å²) in [6.07, 6.45) is 0. The average Bonchev–Trinajstić information content (AvgIpc) is 2.38. The van der Waals surface area contributed by atoms with Crippen molar-refractivity contribution >= 4 is 5.97 Å². The molecule has 0 radical (unpaired) electrons. The number of hydrogen-bond donors (Lipinski definition) is 0. The highest BCUT2D eigenvalue weighted by atomic mass is 19.1. The third-order valence-electron chi connectivity index (χ3n) is 2.43. The summed E-state index contributed by atoms with van der Waals surface area (Å²) in [6, 6.07) is 7.72. The molecule has 0 N–H and O–H groups in total. The van der Waals surface area contributed by atoms with Crippen LogP contribution in [0.5, 0.6) is 5.75 Å². The first-order valence-corrected chi connectivity index (χ1v) is 5.38. The van der Waals surface area contributed by atoms with E-state index in [1.165, 1.54) is 24.3 Å². The maximum atomic E-state index is 13.3. The van der Waals surface area contributed by atoms with Gasteiger partial charge in [0.1, 0.15) is 34.8 Å². The van der Waals surface area contributed by atoms with Crippen molar-refractivity contribution in [1.29, 1.82) is 5.26 Å². The number of halogens is 3. The van der Waals surface area contributed by atoms with Gasteiger partial charge in [-0.15, -0.1) is 0 Å². The second-order valence-corrected chi connectivity index (χ2v) is 3.74. The Morgan fingerprint density at radius 2 is 1.65 bits per heavy atom. The molecule has 20 heavy (non-hydrogen) atoms. The number of nitrogens with zero attached hydrogens (tertiary/aromatic N) is 1. The first kappa shape index (κ1) is 13.6. The van der Waals surface area contributed by atoms with Crippen molar-refractivity contribution in [3.05, 3.63) is 65.0 Å². The maximum absolute atomic E-state index is 13.3. The van der Waals surface area contributed by atoms with Crippen LogP contribution >= 0.6 is 0 Å². The SMILES string of the molecule is N#Cc1c(F)cc(OC(=O)c2ccccc2F)cc1F. The third-order valence-corrected chi connectivity index (χ3v) is 2.43. The molecule has 3 nitrogen and oxygen atoms in total. The monoisotopic (exact) mass is 277 g/mol. The summed E-state index contributed by atoms with van der Waals surface area (Å²) in [5.41, 5.74) is -1.15. The van der Waals surface area contributed by atoms with E-state index in [2.05, 4.69) is 4.74 Å². The Labute approximate surface area is 111 Å². The van der Waals surface area contributed by atoms with Crippen LogP contribution in [0.1, 0.15) is 15.9 Å². The zero-order chi connectivity index (χ0) is 14.7. The van der Waals surface area contributed by atoms with Crippen molar-refractivity contribution in [2.24, 2.45) is 0 Å². The van der Waals surface area contributed by atoms with Crippen LogP contribution in [0.15, 0.2) is 36.4 Å². The molecule has 6 heteroatoms. The summed E-state index contributed by atoms with van der Waals surface area (Å²) >= 11 is 0. The van der Waals surface area contributed by atoms with Crippen molar-refractivity contribution in [2.45, 2.75) is 0 Å². The summed E-state index contributed by atoms with van der Waals surface area (Å²) in [6.45, 7) is 0. The normalized spacial score (nSPS) is 9.90. The van der Waals surface area contributed by atoms with Crippen molar-refractivity contribution in [3.63, 3.8) is 0 Å². The molecule has 100 valence electrons. The van der Waals surface area contributed by atoms with E-state index in [1.807, 2.05) is 0 Å². The Hall–Kier alpha value is -2.81. The lowest BCUT2D eigenvalue weighted by Gasteiger charge is -2.06. The minimum absolute atomic E-state index is 0.363. The number of nitriles is 1. The zero-order valence-corrected chi connectivity index (χ0v) is 9.86. The molecule has 2 rings (SSSR count). The first-order chi connectivity index (χ1) is 9.52. The van der Waals surface area contributed by atoms with Crippen molar-refractivity contribution in [3.8, 4) is 11.8 Å². The Kier molecular flexibility index (Phi) is 3.71. The van der Waals surface area contributed by atoms with Gasteiger partial charge in [-0.25, -0.2) is 18.0 Å². The lowest BCUT2D eigenvalue weighted by Crippen LogP contribution is -2.11. The predicted octanol–water partition coefficient (Wildman–Crippen LogP) is 3.19. The van der Waals surface area contributed by atoms with Crippen LogP contribution in [0.25, 0.3) is 0 Å². The molecule has 0 aliphatic carbocycles. The highest BCUT2D eigenvalue weighted by Crippen LogP contribution is 2.21. The van der Waals surface area contributed by atoms with Gasteiger partial charge in [-0.05, 0) is 12.1 Å². The van der Waals surface area contributed by atoms with E-state index in [9.17, 15) is 18.0 Å². The Balaban J connectivity index is 2.30. The highest BCUT2D eigenvalue weighted by Gasteiger charge is 2.16. The Morgan fingerprint density at radius 1 is 1.05 bits per heavy atom. The highest BCUT2D eigenvalue weighted by molar-refractivity contribution is 5.91. The zero-order valence-electron chi connectivity index (χ0n) is 9.86. The minimum atomic E-state index is -1.16. The van der Waals surface area contributed by atoms with Crippen LogP contribution in [0, 0.1) is 28.8 Å². The van der Waals surface area contributed by atoms with Crippen LogP contribution in [-0.2, 0) is 0 Å². The van der Waals surface area contributed by atoms with E-state index in [-0.39, 0.29) is 5.56 Å². The molecule has 0 unspecified atom stereocenters. The molecular formula is C14H6F3NO2. The van der Waals surface area contributed by atoms with Crippen LogP contribution in [0.3, 0.4) is 0 Å². The fourth-order valence-corrected chi connectivity index (χ4v) is 1.50. The molecule has 0 saturated heterocycles. The van der Waals surface area contributed by atoms with E-state index in [0.29, 0.717) is 12.1 Å². The number of benzene rings is 2. The number of ether oxygens (including phenoxy) is 1. The number of esters is 1. The average molecular weight is 277 g/mol. The standard InChI is InChI=1S/C14H6F3NO2/c15-11-4-2-1-3-9(11)14(19)20-8-5-12(16)10(7-18)13(17)6-8/h1-6H. The molecule has 0 aromatic heterocycles. The van der Waals surface area contributed by atoms with E-state index >= 15 is 0 Å². The first-order valence-electron chi connectivity index (χ1n) is 5.38. The van der Waals surface area contributed by atoms with E-state index in [1.54, 1.807) is 0 Å². The topological polar surface area (TPSA) is 50.1 Å². The second-order valence-electron chi connectivity index (χ2n) is 3.74. The molecular weight excluding hydrogens is 271 g/mol. The molecule has 2 aromatic carbocycles. The maximum Gasteiger partial charge on any atom is 0.346 e. The van der Waals surface area contributed by atoms with E-state index in [4.69, 9.17) is 5.26 Å². The van der Waals surface area contributed by atoms with Gasteiger partial charge >= 0.3 is 5.97 Å². The van der Waals surface area contributed by atoms with Crippen LogP contribution < -0.4 is 4.74 Å². The summed E-state index contributed by atoms with van der Waals surface area (Å²) in [5.74, 6) is -4.68. The molecule has 0 atom stereocenters. The van der Waals surface area contributed by atoms with Crippen LogP contribution in [0.2, 0.25) is 0 Å². The van der Waals surface area contributed by atoms with Gasteiger partial charge in [-0.3, -0.25) is 0 Å². The van der Waals surface area contributed by atoms with E-state index in [0.717, 1.165) is 6.07 Å². The van der Waals surface area contributed by atoms with Gasteiger partial charge in [0.05, 0.1) is 5.56 Å². The minimum Gasteiger partial charge on any atom is -0.423 e. The van der Waals surface area contributed by atoms with Gasteiger partial charge < -0.3 is 4.74 Å². The summed E-state index contributed by atoms with van der Waals surface area (Å²) in [5, 5.41) is 8.50. The van der Waals surface area contributed by atoms with Gasteiger partial charge in [0, 0.05) is 12.1 Å². The quantitative estimate of drug-likeness (QED) is 0.625. The molecule has 0 aliphatic rings. The molecule has 0 spiro atoms. The summed E-state index contributed by atoms with van der Waals surface area (Å²) in [4.78, 5) is 11.6. The number of hydrogen-bond acceptors (Lipinski definition) is 3. The van der Waals surface area contributed by atoms with Crippen LogP contribution in [0.4, 0.5) is 13.2 Å². The predicted molar refractivity (Wildman–Crippen MR) is 62.4 cm³/mol. The number of carbonyl (C=O) groups excluding carboxylic acids is 1. The van der Waals surface area contributed by atoms with Gasteiger partial charge in [0.2, 0.25) is 0 Å². The lowest BCUT2D eigenvalue weighted by molar-refractivity contribution is 0.0729. The Bertz CT molecular complexity index is 700. The molecule has 0 aliphatic heterocycles. The molecule has 0 heterocycles. The smallest absolute Gasteiger partial charge is 0.346 e. The van der Waals surface area contributed by atoms with Crippen molar-refractivity contribution in [1.82, 2.24) is 0 Å². The molecule has 2 aromatic rings. The molecule has 0 fully saturated rings. The third kappa shape index (κ3) is 2.62. The van der Waals surface area contributed by atoms with E-state index < -0.39 is 34.7 Å². The summed E-state index contributed by atoms with van der Waals surface area (Å²) in [7, 11) is 0. The Morgan fingerprint density at radius 3 is 2.20 bits per heavy atom. The largest absolute Gasteiger partial charge is 0.423 e. The van der Waals surface area contributed by atoms with Crippen LogP contribution in [-0.4, -0.2) is 5.97 Å².